The van der Waals surface area contributed by atoms with Crippen LogP contribution in [0.5, 0.6) is 17.2 Å². The third kappa shape index (κ3) is 3.53. The molecule has 0 radical (unpaired) electrons. The van der Waals surface area contributed by atoms with Crippen LogP contribution in [0.15, 0.2) is 78.9 Å². The number of benzene rings is 3. The predicted molar refractivity (Wildman–Crippen MR) is 137 cm³/mol. The van der Waals surface area contributed by atoms with Crippen molar-refractivity contribution in [3.63, 3.8) is 0 Å². The van der Waals surface area contributed by atoms with Crippen LogP contribution in [0.1, 0.15) is 11.6 Å². The summed E-state index contributed by atoms with van der Waals surface area (Å²) in [7, 11) is 4.73. The maximum Gasteiger partial charge on any atom is 0.320 e. The van der Waals surface area contributed by atoms with Crippen molar-refractivity contribution in [1.29, 1.82) is 0 Å². The number of fused-ring (bicyclic) bond motifs is 3. The fourth-order valence-electron chi connectivity index (χ4n) is 5.91. The number of rotatable bonds is 6. The monoisotopic (exact) mass is 516 g/mol. The summed E-state index contributed by atoms with van der Waals surface area (Å²) in [5, 5.41) is 1.68. The average Bonchev–Trinajstić information content (AvgIpc) is 3.27. The molecule has 0 spiro atoms. The number of esters is 1. The van der Waals surface area contributed by atoms with E-state index in [4.69, 9.17) is 23.8 Å². The fraction of sp³-hybridized carbons (Fsp3) is 0.310. The van der Waals surface area contributed by atoms with E-state index in [9.17, 15) is 9.59 Å². The highest BCUT2D eigenvalue weighted by molar-refractivity contribution is 6.05. The van der Waals surface area contributed by atoms with E-state index < -0.39 is 35.7 Å². The number of para-hydroxylation sites is 2. The highest BCUT2D eigenvalue weighted by Crippen LogP contribution is 2.57. The van der Waals surface area contributed by atoms with Crippen molar-refractivity contribution < 1.29 is 33.4 Å². The van der Waals surface area contributed by atoms with Gasteiger partial charge in [0.05, 0.1) is 20.3 Å². The number of β-lactam (4-membered cyclic amide) rings is 1. The molecule has 9 nitrogen and oxygen atoms in total. The SMILES string of the molecule is COC(=O)[C@@]12COc3ccccc3[C@@H]1N(C)O[C@H]2[C@H]1[C@H](Oc2ccccc2)C(=O)N1c1ccc(OC)cc1. The molecule has 3 aromatic rings. The smallest absolute Gasteiger partial charge is 0.320 e. The fourth-order valence-corrected chi connectivity index (χ4v) is 5.91. The molecule has 0 bridgehead atoms. The van der Waals surface area contributed by atoms with Crippen LogP contribution in [-0.4, -0.2) is 63.1 Å². The van der Waals surface area contributed by atoms with Crippen molar-refractivity contribution >= 4 is 17.6 Å². The number of hydrogen-bond acceptors (Lipinski definition) is 8. The van der Waals surface area contributed by atoms with Gasteiger partial charge in [0.2, 0.25) is 6.10 Å². The molecule has 196 valence electrons. The third-order valence-electron chi connectivity index (χ3n) is 7.64. The Balaban J connectivity index is 1.46. The van der Waals surface area contributed by atoms with Crippen molar-refractivity contribution in [2.24, 2.45) is 5.41 Å². The molecule has 0 aromatic heterocycles. The number of hydrogen-bond donors (Lipinski definition) is 0. The van der Waals surface area contributed by atoms with Gasteiger partial charge in [0.25, 0.3) is 5.91 Å². The number of ether oxygens (including phenoxy) is 4. The molecular weight excluding hydrogens is 488 g/mol. The number of amides is 1. The summed E-state index contributed by atoms with van der Waals surface area (Å²) in [4.78, 5) is 35.4. The molecule has 9 heteroatoms. The van der Waals surface area contributed by atoms with E-state index in [1.54, 1.807) is 60.5 Å². The van der Waals surface area contributed by atoms with Crippen LogP contribution in [0.2, 0.25) is 0 Å². The summed E-state index contributed by atoms with van der Waals surface area (Å²) in [5.41, 5.74) is 0.198. The van der Waals surface area contributed by atoms with Gasteiger partial charge in [-0.1, -0.05) is 36.4 Å². The molecule has 0 N–H and O–H groups in total. The zero-order valence-electron chi connectivity index (χ0n) is 21.3. The second-order valence-electron chi connectivity index (χ2n) is 9.58. The number of hydroxylamine groups is 2. The van der Waals surface area contributed by atoms with Crippen LogP contribution in [-0.2, 0) is 19.2 Å². The summed E-state index contributed by atoms with van der Waals surface area (Å²) >= 11 is 0. The predicted octanol–water partition coefficient (Wildman–Crippen LogP) is 3.40. The summed E-state index contributed by atoms with van der Waals surface area (Å²) in [6.45, 7) is 0.0234. The lowest BCUT2D eigenvalue weighted by Crippen LogP contribution is -2.74. The van der Waals surface area contributed by atoms with Crippen molar-refractivity contribution in [2.45, 2.75) is 24.3 Å². The van der Waals surface area contributed by atoms with Crippen LogP contribution < -0.4 is 19.1 Å². The van der Waals surface area contributed by atoms with Crippen LogP contribution >= 0.6 is 0 Å². The van der Waals surface area contributed by atoms with E-state index in [1.807, 2.05) is 42.5 Å². The van der Waals surface area contributed by atoms with Crippen LogP contribution in [0.3, 0.4) is 0 Å². The quantitative estimate of drug-likeness (QED) is 0.364. The lowest BCUT2D eigenvalue weighted by Gasteiger charge is -2.51. The molecule has 3 aromatic carbocycles. The van der Waals surface area contributed by atoms with E-state index in [0.717, 1.165) is 5.56 Å². The van der Waals surface area contributed by atoms with E-state index in [0.29, 0.717) is 22.9 Å². The molecule has 3 heterocycles. The molecule has 1 amide bonds. The zero-order valence-corrected chi connectivity index (χ0v) is 21.3. The van der Waals surface area contributed by atoms with Crippen molar-refractivity contribution in [3.05, 3.63) is 84.4 Å². The first-order valence-electron chi connectivity index (χ1n) is 12.4. The van der Waals surface area contributed by atoms with Gasteiger partial charge in [-0.25, -0.2) is 0 Å². The molecular formula is C29H28N2O7. The molecule has 3 aliphatic heterocycles. The third-order valence-corrected chi connectivity index (χ3v) is 7.64. The minimum absolute atomic E-state index is 0.0234. The second kappa shape index (κ2) is 9.34. The molecule has 38 heavy (non-hydrogen) atoms. The van der Waals surface area contributed by atoms with Gasteiger partial charge in [-0.2, -0.15) is 5.06 Å². The molecule has 0 unspecified atom stereocenters. The molecule has 2 saturated heterocycles. The standard InChI is InChI=1S/C29H28N2O7/c1-30-25-21-11-7-8-12-22(21)36-17-29(25,28(33)35-3)26(38-30)23-24(37-20-9-5-4-6-10-20)27(32)31(23)18-13-15-19(34-2)16-14-18/h4-16,23-26H,17H2,1-3H3/t23-,24+,25+,26+,29+/m1/s1. The van der Waals surface area contributed by atoms with Crippen LogP contribution in [0, 0.1) is 5.41 Å². The Morgan fingerprint density at radius 2 is 1.66 bits per heavy atom. The van der Waals surface area contributed by atoms with E-state index in [-0.39, 0.29) is 12.5 Å². The number of carbonyl (C=O) groups is 2. The topological polar surface area (TPSA) is 86.8 Å². The van der Waals surface area contributed by atoms with Crippen molar-refractivity contribution in [1.82, 2.24) is 5.06 Å². The van der Waals surface area contributed by atoms with Crippen molar-refractivity contribution in [3.8, 4) is 17.2 Å². The average molecular weight is 517 g/mol. The van der Waals surface area contributed by atoms with E-state index >= 15 is 0 Å². The lowest BCUT2D eigenvalue weighted by atomic mass is 9.67. The minimum Gasteiger partial charge on any atom is -0.497 e. The number of anilines is 1. The second-order valence-corrected chi connectivity index (χ2v) is 9.58. The summed E-state index contributed by atoms with van der Waals surface area (Å²) in [6, 6.07) is 22.7. The lowest BCUT2D eigenvalue weighted by molar-refractivity contribution is -0.179. The van der Waals surface area contributed by atoms with Gasteiger partial charge in [-0.3, -0.25) is 19.3 Å². The normalized spacial score (nSPS) is 28.0. The van der Waals surface area contributed by atoms with E-state index in [2.05, 4.69) is 0 Å². The molecule has 6 rings (SSSR count). The highest BCUT2D eigenvalue weighted by atomic mass is 16.7. The van der Waals surface area contributed by atoms with Gasteiger partial charge in [-0.15, -0.1) is 0 Å². The summed E-state index contributed by atoms with van der Waals surface area (Å²) in [6.07, 6.45) is -1.72. The van der Waals surface area contributed by atoms with Gasteiger partial charge in [0.1, 0.15) is 36.0 Å². The molecule has 0 aliphatic carbocycles. The van der Waals surface area contributed by atoms with Gasteiger partial charge >= 0.3 is 5.97 Å². The van der Waals surface area contributed by atoms with Gasteiger partial charge in [0.15, 0.2) is 5.41 Å². The Kier molecular flexibility index (Phi) is 5.97. The molecule has 3 aliphatic rings. The Hall–Kier alpha value is -4.08. The number of carbonyl (C=O) groups excluding carboxylic acids is 2. The molecule has 5 atom stereocenters. The highest BCUT2D eigenvalue weighted by Gasteiger charge is 2.71. The number of methoxy groups -OCH3 is 2. The Morgan fingerprint density at radius 3 is 2.37 bits per heavy atom. The Morgan fingerprint density at radius 1 is 0.947 bits per heavy atom. The van der Waals surface area contributed by atoms with Gasteiger partial charge < -0.3 is 18.9 Å². The summed E-state index contributed by atoms with van der Waals surface area (Å²) in [5.74, 6) is 1.18. The van der Waals surface area contributed by atoms with E-state index in [1.165, 1.54) is 7.11 Å². The Bertz CT molecular complexity index is 1350. The first kappa shape index (κ1) is 24.3. The number of nitrogens with zero attached hydrogens (tertiary/aromatic N) is 2. The first-order chi connectivity index (χ1) is 18.5. The zero-order chi connectivity index (χ0) is 26.4. The first-order valence-corrected chi connectivity index (χ1v) is 12.4. The molecule has 0 saturated carbocycles. The minimum atomic E-state index is -1.26. The molecule has 2 fully saturated rings. The van der Waals surface area contributed by atoms with Crippen LogP contribution in [0.25, 0.3) is 0 Å². The summed E-state index contributed by atoms with van der Waals surface area (Å²) < 4.78 is 23.0. The van der Waals surface area contributed by atoms with Crippen molar-refractivity contribution in [2.75, 3.05) is 32.8 Å². The largest absolute Gasteiger partial charge is 0.497 e. The maximum absolute atomic E-state index is 13.7. The van der Waals surface area contributed by atoms with Gasteiger partial charge in [0, 0.05) is 18.3 Å². The van der Waals surface area contributed by atoms with Crippen LogP contribution in [0.4, 0.5) is 5.69 Å². The Labute approximate surface area is 220 Å². The maximum atomic E-state index is 13.7. The van der Waals surface area contributed by atoms with Gasteiger partial charge in [-0.05, 0) is 42.5 Å².